The Morgan fingerprint density at radius 2 is 0.455 bits per heavy atom. The van der Waals surface area contributed by atoms with Crippen molar-refractivity contribution in [2.45, 2.75) is 0 Å². The fraction of sp³-hybridized carbons (Fsp3) is 0. The fourth-order valence-corrected chi connectivity index (χ4v) is 12.0. The average molecular weight is 613 g/mol. The van der Waals surface area contributed by atoms with Gasteiger partial charge in [-0.2, -0.15) is 0 Å². The molecule has 6 aromatic rings. The molecule has 6 rings (SSSR count). The molecule has 0 aliphatic rings. The Morgan fingerprint density at radius 3 is 0.614 bits per heavy atom. The van der Waals surface area contributed by atoms with E-state index in [1.807, 2.05) is 182 Å². The monoisotopic (exact) mass is 612 g/mol. The van der Waals surface area contributed by atoms with Crippen LogP contribution in [0.15, 0.2) is 182 Å². The van der Waals surface area contributed by atoms with Gasteiger partial charge in [-0.25, -0.2) is 9.59 Å². The largest absolute Gasteiger partial charge is 0.463 e. The third-order valence-corrected chi connectivity index (χ3v) is 14.4. The quantitative estimate of drug-likeness (QED) is 0.159. The van der Waals surface area contributed by atoms with Crippen molar-refractivity contribution in [2.24, 2.45) is 0 Å². The normalized spacial score (nSPS) is 11.4. The third-order valence-electron chi connectivity index (χ3n) is 7.33. The van der Waals surface area contributed by atoms with Gasteiger partial charge in [-0.1, -0.05) is 109 Å². The van der Waals surface area contributed by atoms with Crippen LogP contribution >= 0.6 is 15.0 Å². The molecule has 0 amide bonds. The predicted molar refractivity (Wildman–Crippen MR) is 182 cm³/mol. The lowest BCUT2D eigenvalue weighted by atomic mass is 10.4. The molecule has 0 heterocycles. The SMILES string of the molecule is O=C(O[P+](c1ccccc1)(c1ccccc1)c1ccccc1)C(=O)O[P+](c1ccccc1)(c1ccccc1)c1ccccc1. The molecule has 0 aliphatic carbocycles. The van der Waals surface area contributed by atoms with E-state index in [4.69, 9.17) is 9.05 Å². The first-order chi connectivity index (χ1) is 21.6. The summed E-state index contributed by atoms with van der Waals surface area (Å²) in [5, 5.41) is 4.88. The van der Waals surface area contributed by atoms with E-state index in [0.717, 1.165) is 31.8 Å². The topological polar surface area (TPSA) is 52.6 Å². The van der Waals surface area contributed by atoms with E-state index in [-0.39, 0.29) is 0 Å². The average Bonchev–Trinajstić information content (AvgIpc) is 3.11. The molecule has 214 valence electrons. The molecule has 0 fully saturated rings. The van der Waals surface area contributed by atoms with Crippen LogP contribution in [0.4, 0.5) is 0 Å². The molecule has 0 saturated carbocycles. The van der Waals surface area contributed by atoms with E-state index in [2.05, 4.69) is 0 Å². The second-order valence-corrected chi connectivity index (χ2v) is 15.9. The summed E-state index contributed by atoms with van der Waals surface area (Å²) in [6.45, 7) is 0. The van der Waals surface area contributed by atoms with Gasteiger partial charge < -0.3 is 0 Å². The number of benzene rings is 6. The van der Waals surface area contributed by atoms with Gasteiger partial charge >= 0.3 is 11.9 Å². The Balaban J connectivity index is 1.49. The molecule has 0 aliphatic heterocycles. The van der Waals surface area contributed by atoms with Crippen molar-refractivity contribution < 1.29 is 18.6 Å². The van der Waals surface area contributed by atoms with Crippen LogP contribution in [0.25, 0.3) is 0 Å². The first-order valence-electron chi connectivity index (χ1n) is 14.2. The van der Waals surface area contributed by atoms with E-state index >= 15 is 0 Å². The van der Waals surface area contributed by atoms with Crippen LogP contribution in [0.2, 0.25) is 0 Å². The maximum atomic E-state index is 14.2. The van der Waals surface area contributed by atoms with Crippen molar-refractivity contribution in [3.05, 3.63) is 182 Å². The van der Waals surface area contributed by atoms with Gasteiger partial charge in [-0.05, 0) is 72.8 Å². The van der Waals surface area contributed by atoms with E-state index in [0.29, 0.717) is 0 Å². The van der Waals surface area contributed by atoms with Crippen LogP contribution in [-0.4, -0.2) is 11.9 Å². The maximum absolute atomic E-state index is 14.2. The third kappa shape index (κ3) is 5.58. The zero-order valence-corrected chi connectivity index (χ0v) is 25.6. The number of carbonyl (C=O) groups is 2. The van der Waals surface area contributed by atoms with E-state index in [1.165, 1.54) is 0 Å². The van der Waals surface area contributed by atoms with E-state index < -0.39 is 26.9 Å². The first-order valence-corrected chi connectivity index (χ1v) is 17.7. The molecule has 6 aromatic carbocycles. The predicted octanol–water partition coefficient (Wildman–Crippen LogP) is 5.89. The summed E-state index contributed by atoms with van der Waals surface area (Å²) < 4.78 is 13.1. The highest BCUT2D eigenvalue weighted by atomic mass is 31.2. The smallest absolute Gasteiger partial charge is 0.284 e. The molecule has 0 bridgehead atoms. The van der Waals surface area contributed by atoms with Gasteiger partial charge in [0.1, 0.15) is 31.8 Å². The number of carbonyl (C=O) groups excluding carboxylic acids is 2. The summed E-state index contributed by atoms with van der Waals surface area (Å²) in [6.07, 6.45) is 0. The maximum Gasteiger partial charge on any atom is 0.463 e. The summed E-state index contributed by atoms with van der Waals surface area (Å²) in [5.41, 5.74) is 0. The molecule has 44 heavy (non-hydrogen) atoms. The fourth-order valence-electron chi connectivity index (χ4n) is 5.36. The van der Waals surface area contributed by atoms with E-state index in [1.54, 1.807) is 0 Å². The molecule has 0 radical (unpaired) electrons. The Bertz CT molecular complexity index is 1490. The highest BCUT2D eigenvalue weighted by Crippen LogP contribution is 2.59. The summed E-state index contributed by atoms with van der Waals surface area (Å²) in [6, 6.07) is 57.9. The molecule has 0 N–H and O–H groups in total. The van der Waals surface area contributed by atoms with Crippen LogP contribution < -0.4 is 31.8 Å². The second-order valence-electron chi connectivity index (χ2n) is 9.99. The Labute approximate surface area is 258 Å². The van der Waals surface area contributed by atoms with Gasteiger partial charge in [0.05, 0.1) is 0 Å². The summed E-state index contributed by atoms with van der Waals surface area (Å²) in [7, 11) is -6.17. The van der Waals surface area contributed by atoms with Crippen LogP contribution in [-0.2, 0) is 18.6 Å². The van der Waals surface area contributed by atoms with Gasteiger partial charge in [-0.3, -0.25) is 9.05 Å². The molecule has 0 saturated heterocycles. The van der Waals surface area contributed by atoms with Gasteiger partial charge in [-0.15, -0.1) is 0 Å². The molecule has 4 nitrogen and oxygen atoms in total. The highest BCUT2D eigenvalue weighted by molar-refractivity contribution is 7.93. The van der Waals surface area contributed by atoms with Crippen LogP contribution in [0, 0.1) is 0 Å². The van der Waals surface area contributed by atoms with Crippen LogP contribution in [0.5, 0.6) is 0 Å². The molecular weight excluding hydrogens is 582 g/mol. The molecule has 0 unspecified atom stereocenters. The number of rotatable bonds is 8. The van der Waals surface area contributed by atoms with Crippen molar-refractivity contribution in [1.82, 2.24) is 0 Å². The minimum absolute atomic E-state index is 0.814. The van der Waals surface area contributed by atoms with Crippen LogP contribution in [0.1, 0.15) is 0 Å². The first kappa shape index (κ1) is 29.2. The lowest BCUT2D eigenvalue weighted by Crippen LogP contribution is -2.39. The highest BCUT2D eigenvalue weighted by Gasteiger charge is 2.56. The van der Waals surface area contributed by atoms with Gasteiger partial charge in [0, 0.05) is 0 Å². The van der Waals surface area contributed by atoms with Gasteiger partial charge in [0.15, 0.2) is 0 Å². The summed E-state index contributed by atoms with van der Waals surface area (Å²) in [4.78, 5) is 28.4. The van der Waals surface area contributed by atoms with Crippen molar-refractivity contribution in [3.8, 4) is 0 Å². The van der Waals surface area contributed by atoms with Crippen molar-refractivity contribution in [2.75, 3.05) is 0 Å². The Hall–Kier alpha value is -4.88. The summed E-state index contributed by atoms with van der Waals surface area (Å²) in [5.74, 6) is -2.08. The van der Waals surface area contributed by atoms with Crippen LogP contribution in [0.3, 0.4) is 0 Å². The lowest BCUT2D eigenvalue weighted by Gasteiger charge is -2.26. The Morgan fingerprint density at radius 1 is 0.295 bits per heavy atom. The molecule has 6 heteroatoms. The Kier molecular flexibility index (Phi) is 8.75. The second kappa shape index (κ2) is 13.2. The molecule has 0 spiro atoms. The molecule has 0 aromatic heterocycles. The van der Waals surface area contributed by atoms with Crippen molar-refractivity contribution in [1.29, 1.82) is 0 Å². The zero-order chi connectivity index (χ0) is 30.2. The van der Waals surface area contributed by atoms with Crippen molar-refractivity contribution in [3.63, 3.8) is 0 Å². The zero-order valence-electron chi connectivity index (χ0n) is 23.8. The van der Waals surface area contributed by atoms with Crippen molar-refractivity contribution >= 4 is 58.7 Å². The molecule has 0 atom stereocenters. The number of hydrogen-bond donors (Lipinski definition) is 0. The lowest BCUT2D eigenvalue weighted by molar-refractivity contribution is -0.155. The number of hydrogen-bond acceptors (Lipinski definition) is 4. The summed E-state index contributed by atoms with van der Waals surface area (Å²) >= 11 is 0. The molecular formula is C38H30O4P2+2. The van der Waals surface area contributed by atoms with E-state index in [9.17, 15) is 9.59 Å². The van der Waals surface area contributed by atoms with Gasteiger partial charge in [0.25, 0.3) is 15.0 Å². The van der Waals surface area contributed by atoms with Gasteiger partial charge in [0.2, 0.25) is 0 Å². The minimum atomic E-state index is -3.08. The minimum Gasteiger partial charge on any atom is -0.284 e. The standard InChI is InChI=1S/C38H30O4P2/c39-37(41-43(31-19-7-1-8-20-31,32-21-9-2-10-22-32)33-23-11-3-12-24-33)38(40)42-44(34-25-13-4-14-26-34,35-27-15-5-16-28-35)36-29-17-6-18-30-36/h1-30H/q+2.